The smallest absolute Gasteiger partial charge is 0.258 e. The number of aromatic nitrogens is 3. The van der Waals surface area contributed by atoms with Gasteiger partial charge in [0, 0.05) is 49.5 Å². The normalized spacial score (nSPS) is 15.3. The second kappa shape index (κ2) is 7.25. The van der Waals surface area contributed by atoms with Crippen molar-refractivity contribution in [3.8, 4) is 0 Å². The van der Waals surface area contributed by atoms with Crippen molar-refractivity contribution >= 4 is 27.5 Å². The molecule has 0 unspecified atom stereocenters. The van der Waals surface area contributed by atoms with Gasteiger partial charge in [-0.1, -0.05) is 12.1 Å². The molecule has 2 aromatic carbocycles. The average Bonchev–Trinajstić information content (AvgIpc) is 2.74. The highest BCUT2D eigenvalue weighted by Crippen LogP contribution is 2.27. The van der Waals surface area contributed by atoms with Gasteiger partial charge in [-0.25, -0.2) is 9.37 Å². The van der Waals surface area contributed by atoms with Gasteiger partial charge in [-0.05, 0) is 30.3 Å². The summed E-state index contributed by atoms with van der Waals surface area (Å²) < 4.78 is 13.5. The zero-order chi connectivity index (χ0) is 19.8. The molecule has 29 heavy (non-hydrogen) atoms. The zero-order valence-corrected chi connectivity index (χ0v) is 15.8. The van der Waals surface area contributed by atoms with Crippen molar-refractivity contribution < 1.29 is 4.39 Å². The van der Waals surface area contributed by atoms with Crippen molar-refractivity contribution in [3.63, 3.8) is 0 Å². The second-order valence-electron chi connectivity index (χ2n) is 7.28. The number of pyridine rings is 1. The van der Waals surface area contributed by atoms with Crippen molar-refractivity contribution in [2.45, 2.75) is 6.54 Å². The maximum atomic E-state index is 13.5. The molecule has 0 spiro atoms. The standard InChI is InChI=1S/C22H20FN5O/c23-15-5-6-16-19(13-15)24-8-7-20(16)28-11-9-27(10-12-28)14-21-25-18-4-2-1-3-17(18)22(29)26-21/h1-8,13H,9-12,14H2,(H,25,26,29). The van der Waals surface area contributed by atoms with Crippen LogP contribution < -0.4 is 10.5 Å². The first-order valence-corrected chi connectivity index (χ1v) is 9.67. The van der Waals surface area contributed by atoms with E-state index in [1.807, 2.05) is 24.3 Å². The number of hydrogen-bond donors (Lipinski definition) is 1. The van der Waals surface area contributed by atoms with E-state index in [0.29, 0.717) is 23.3 Å². The molecule has 1 aliphatic rings. The summed E-state index contributed by atoms with van der Waals surface area (Å²) in [5.41, 5.74) is 2.37. The van der Waals surface area contributed by atoms with Gasteiger partial charge in [0.25, 0.3) is 5.56 Å². The van der Waals surface area contributed by atoms with E-state index in [1.54, 1.807) is 18.3 Å². The molecule has 0 radical (unpaired) electrons. The van der Waals surface area contributed by atoms with Crippen molar-refractivity contribution in [3.05, 3.63) is 76.7 Å². The minimum atomic E-state index is -0.274. The lowest BCUT2D eigenvalue weighted by Crippen LogP contribution is -2.46. The number of hydrogen-bond acceptors (Lipinski definition) is 5. The van der Waals surface area contributed by atoms with E-state index in [1.165, 1.54) is 12.1 Å². The van der Waals surface area contributed by atoms with Gasteiger partial charge in [-0.3, -0.25) is 14.7 Å². The first-order valence-electron chi connectivity index (χ1n) is 9.67. The van der Waals surface area contributed by atoms with Crippen LogP contribution in [0.4, 0.5) is 10.1 Å². The number of anilines is 1. The molecule has 0 aliphatic carbocycles. The van der Waals surface area contributed by atoms with Crippen molar-refractivity contribution in [2.75, 3.05) is 31.1 Å². The molecule has 5 rings (SSSR count). The summed E-state index contributed by atoms with van der Waals surface area (Å²) in [5, 5.41) is 1.57. The van der Waals surface area contributed by atoms with Crippen LogP contribution in [-0.4, -0.2) is 46.0 Å². The molecule has 3 heterocycles. The predicted molar refractivity (Wildman–Crippen MR) is 112 cm³/mol. The highest BCUT2D eigenvalue weighted by molar-refractivity contribution is 5.91. The number of fused-ring (bicyclic) bond motifs is 2. The van der Waals surface area contributed by atoms with Gasteiger partial charge in [-0.15, -0.1) is 0 Å². The first-order chi connectivity index (χ1) is 14.2. The molecule has 1 saturated heterocycles. The average molecular weight is 389 g/mol. The van der Waals surface area contributed by atoms with Gasteiger partial charge in [0.05, 0.1) is 23.0 Å². The molecule has 4 aromatic rings. The SMILES string of the molecule is O=c1[nH]c(CN2CCN(c3ccnc4cc(F)ccc34)CC2)nc2ccccc12. The zero-order valence-electron chi connectivity index (χ0n) is 15.8. The van der Waals surface area contributed by atoms with E-state index in [-0.39, 0.29) is 11.4 Å². The fourth-order valence-corrected chi connectivity index (χ4v) is 3.95. The number of para-hydroxylation sites is 1. The molecule has 0 amide bonds. The lowest BCUT2D eigenvalue weighted by molar-refractivity contribution is 0.244. The lowest BCUT2D eigenvalue weighted by Gasteiger charge is -2.36. The highest BCUT2D eigenvalue weighted by Gasteiger charge is 2.20. The maximum absolute atomic E-state index is 13.5. The number of aromatic amines is 1. The third-order valence-corrected chi connectivity index (χ3v) is 5.43. The summed E-state index contributed by atoms with van der Waals surface area (Å²) in [4.78, 5) is 28.6. The van der Waals surface area contributed by atoms with Crippen molar-refractivity contribution in [1.29, 1.82) is 0 Å². The molecule has 1 N–H and O–H groups in total. The number of rotatable bonds is 3. The number of H-pyrrole nitrogens is 1. The fourth-order valence-electron chi connectivity index (χ4n) is 3.95. The molecule has 0 atom stereocenters. The Balaban J connectivity index is 1.32. The van der Waals surface area contributed by atoms with Crippen molar-refractivity contribution in [1.82, 2.24) is 19.9 Å². The molecule has 1 fully saturated rings. The predicted octanol–water partition coefficient (Wildman–Crippen LogP) is 2.93. The summed E-state index contributed by atoms with van der Waals surface area (Å²) in [6.07, 6.45) is 1.73. The minimum Gasteiger partial charge on any atom is -0.368 e. The topological polar surface area (TPSA) is 65.1 Å². The summed E-state index contributed by atoms with van der Waals surface area (Å²) in [6, 6.07) is 14.1. The summed E-state index contributed by atoms with van der Waals surface area (Å²) in [7, 11) is 0. The van der Waals surface area contributed by atoms with Gasteiger partial charge in [-0.2, -0.15) is 0 Å². The molecule has 146 valence electrons. The number of nitrogens with one attached hydrogen (secondary N) is 1. The summed E-state index contributed by atoms with van der Waals surface area (Å²) in [5.74, 6) is 0.413. The first kappa shape index (κ1) is 17.8. The van der Waals surface area contributed by atoms with Gasteiger partial charge in [0.15, 0.2) is 0 Å². The van der Waals surface area contributed by atoms with E-state index in [2.05, 4.69) is 24.8 Å². The molecule has 2 aromatic heterocycles. The molecule has 0 saturated carbocycles. The van der Waals surface area contributed by atoms with E-state index in [4.69, 9.17) is 0 Å². The van der Waals surface area contributed by atoms with Crippen LogP contribution in [0, 0.1) is 5.82 Å². The molecular formula is C22H20FN5O. The molecular weight excluding hydrogens is 369 g/mol. The van der Waals surface area contributed by atoms with Gasteiger partial charge in [0.2, 0.25) is 0 Å². The second-order valence-corrected chi connectivity index (χ2v) is 7.28. The molecule has 6 nitrogen and oxygen atoms in total. The third-order valence-electron chi connectivity index (χ3n) is 5.43. The molecule has 1 aliphatic heterocycles. The summed E-state index contributed by atoms with van der Waals surface area (Å²) in [6.45, 7) is 3.99. The third kappa shape index (κ3) is 3.45. The Morgan fingerprint density at radius 2 is 1.79 bits per heavy atom. The lowest BCUT2D eigenvalue weighted by atomic mass is 10.1. The molecule has 0 bridgehead atoms. The van der Waals surface area contributed by atoms with E-state index in [9.17, 15) is 9.18 Å². The molecule has 7 heteroatoms. The van der Waals surface area contributed by atoms with Crippen molar-refractivity contribution in [2.24, 2.45) is 0 Å². The van der Waals surface area contributed by atoms with Crippen LogP contribution in [0.5, 0.6) is 0 Å². The number of piperazine rings is 1. The summed E-state index contributed by atoms with van der Waals surface area (Å²) >= 11 is 0. The Hall–Kier alpha value is -3.32. The van der Waals surface area contributed by atoms with Crippen LogP contribution in [0.1, 0.15) is 5.82 Å². The van der Waals surface area contributed by atoms with Gasteiger partial charge in [0.1, 0.15) is 11.6 Å². The monoisotopic (exact) mass is 389 g/mol. The van der Waals surface area contributed by atoms with E-state index >= 15 is 0 Å². The Morgan fingerprint density at radius 3 is 2.66 bits per heavy atom. The Kier molecular flexibility index (Phi) is 4.44. The van der Waals surface area contributed by atoms with E-state index < -0.39 is 0 Å². The Bertz CT molecular complexity index is 1250. The number of halogens is 1. The van der Waals surface area contributed by atoms with Crippen LogP contribution in [0.15, 0.2) is 59.5 Å². The van der Waals surface area contributed by atoms with Gasteiger partial charge >= 0.3 is 0 Å². The quantitative estimate of drug-likeness (QED) is 0.584. The van der Waals surface area contributed by atoms with E-state index in [0.717, 1.165) is 42.8 Å². The van der Waals surface area contributed by atoms with Crippen LogP contribution in [0.2, 0.25) is 0 Å². The largest absolute Gasteiger partial charge is 0.368 e. The maximum Gasteiger partial charge on any atom is 0.258 e. The van der Waals surface area contributed by atoms with Crippen LogP contribution in [0.3, 0.4) is 0 Å². The Labute approximate surface area is 166 Å². The van der Waals surface area contributed by atoms with Gasteiger partial charge < -0.3 is 9.88 Å². The van der Waals surface area contributed by atoms with Crippen LogP contribution in [-0.2, 0) is 6.54 Å². The highest BCUT2D eigenvalue weighted by atomic mass is 19.1. The Morgan fingerprint density at radius 1 is 0.966 bits per heavy atom. The number of nitrogens with zero attached hydrogens (tertiary/aromatic N) is 4. The van der Waals surface area contributed by atoms with Crippen LogP contribution in [0.25, 0.3) is 21.8 Å². The number of benzene rings is 2. The van der Waals surface area contributed by atoms with Crippen LogP contribution >= 0.6 is 0 Å². The minimum absolute atomic E-state index is 0.0975. The fraction of sp³-hybridized carbons (Fsp3) is 0.227.